The van der Waals surface area contributed by atoms with E-state index in [4.69, 9.17) is 11.6 Å². The summed E-state index contributed by atoms with van der Waals surface area (Å²) >= 11 is 5.63. The van der Waals surface area contributed by atoms with Crippen LogP contribution in [0.1, 0.15) is 22.3 Å². The fourth-order valence-electron chi connectivity index (χ4n) is 1.78. The third-order valence-electron chi connectivity index (χ3n) is 2.81. The molecule has 1 aromatic carbocycles. The molecule has 2 aromatic rings. The predicted molar refractivity (Wildman–Crippen MR) is 73.4 cm³/mol. The lowest BCUT2D eigenvalue weighted by Crippen LogP contribution is -2.25. The minimum atomic E-state index is -4.55. The van der Waals surface area contributed by atoms with Gasteiger partial charge in [0.1, 0.15) is 0 Å². The van der Waals surface area contributed by atoms with Crippen molar-refractivity contribution >= 4 is 17.5 Å². The van der Waals surface area contributed by atoms with E-state index in [-0.39, 0.29) is 10.6 Å². The van der Waals surface area contributed by atoms with Crippen LogP contribution < -0.4 is 5.32 Å². The highest BCUT2D eigenvalue weighted by molar-refractivity contribution is 6.31. The van der Waals surface area contributed by atoms with Crippen LogP contribution in [-0.4, -0.2) is 27.4 Å². The van der Waals surface area contributed by atoms with Crippen LogP contribution >= 0.6 is 11.6 Å². The van der Waals surface area contributed by atoms with Gasteiger partial charge in [-0.05, 0) is 24.6 Å². The highest BCUT2D eigenvalue weighted by Gasteiger charge is 2.31. The molecule has 0 bridgehead atoms. The highest BCUT2D eigenvalue weighted by Crippen LogP contribution is 2.31. The van der Waals surface area contributed by atoms with E-state index in [1.807, 2.05) is 0 Å². The van der Waals surface area contributed by atoms with Gasteiger partial charge in [0.25, 0.3) is 5.91 Å². The van der Waals surface area contributed by atoms with Gasteiger partial charge in [-0.15, -0.1) is 5.10 Å². The van der Waals surface area contributed by atoms with Gasteiger partial charge in [0, 0.05) is 29.9 Å². The second kappa shape index (κ2) is 6.78. The molecule has 0 aliphatic carbocycles. The molecule has 0 unspecified atom stereocenters. The second-order valence-corrected chi connectivity index (χ2v) is 4.94. The molecule has 0 radical (unpaired) electrons. The molecule has 0 aliphatic heterocycles. The number of hydrogen-bond acceptors (Lipinski definition) is 3. The average molecular weight is 333 g/mol. The third kappa shape index (κ3) is 4.45. The Morgan fingerprint density at radius 1 is 1.32 bits per heavy atom. The van der Waals surface area contributed by atoms with Crippen LogP contribution in [0, 0.1) is 0 Å². The summed E-state index contributed by atoms with van der Waals surface area (Å²) in [6.07, 6.45) is -0.771. The van der Waals surface area contributed by atoms with Crippen molar-refractivity contribution in [3.05, 3.63) is 46.7 Å². The zero-order chi connectivity index (χ0) is 16.2. The summed E-state index contributed by atoms with van der Waals surface area (Å²) < 4.78 is 39.6. The average Bonchev–Trinajstić information content (AvgIpc) is 2.95. The normalized spacial score (nSPS) is 11.5. The third-order valence-corrected chi connectivity index (χ3v) is 3.03. The van der Waals surface area contributed by atoms with Gasteiger partial charge in [0.2, 0.25) is 0 Å². The number of carbonyl (C=O) groups is 1. The van der Waals surface area contributed by atoms with Crippen molar-refractivity contribution in [3.63, 3.8) is 0 Å². The molecule has 1 N–H and O–H groups in total. The maximum atomic E-state index is 12.7. The molecule has 118 valence electrons. The number of hydrogen-bond donors (Lipinski definition) is 1. The van der Waals surface area contributed by atoms with E-state index in [9.17, 15) is 18.0 Å². The highest BCUT2D eigenvalue weighted by atomic mass is 35.5. The zero-order valence-corrected chi connectivity index (χ0v) is 12.0. The Labute approximate surface area is 129 Å². The fourth-order valence-corrected chi connectivity index (χ4v) is 2.02. The number of aryl methyl sites for hydroxylation is 1. The van der Waals surface area contributed by atoms with Gasteiger partial charge in [0.15, 0.2) is 0 Å². The smallest absolute Gasteiger partial charge is 0.352 e. The Hall–Kier alpha value is -2.09. The maximum absolute atomic E-state index is 12.7. The Morgan fingerprint density at radius 2 is 2.09 bits per heavy atom. The molecule has 22 heavy (non-hydrogen) atoms. The van der Waals surface area contributed by atoms with Crippen molar-refractivity contribution in [3.8, 4) is 0 Å². The Bertz CT molecular complexity index is 643. The van der Waals surface area contributed by atoms with Crippen molar-refractivity contribution in [1.29, 1.82) is 0 Å². The molecule has 1 heterocycles. The summed E-state index contributed by atoms with van der Waals surface area (Å²) in [7, 11) is 0. The van der Waals surface area contributed by atoms with Crippen molar-refractivity contribution in [2.24, 2.45) is 0 Å². The first-order valence-electron chi connectivity index (χ1n) is 6.36. The standard InChI is InChI=1S/C13H12ClF3N4O/c14-11-7-9(6-10(8-11)13(15,16)17)12(22)18-2-1-4-21-5-3-19-20-21/h3,5-8H,1-2,4H2,(H,18,22). The number of rotatable bonds is 5. The van der Waals surface area contributed by atoms with E-state index in [0.717, 1.165) is 12.1 Å². The quantitative estimate of drug-likeness (QED) is 0.856. The van der Waals surface area contributed by atoms with Crippen LogP contribution in [0.15, 0.2) is 30.6 Å². The van der Waals surface area contributed by atoms with Crippen molar-refractivity contribution in [2.45, 2.75) is 19.1 Å². The van der Waals surface area contributed by atoms with E-state index in [1.54, 1.807) is 10.9 Å². The first-order chi connectivity index (χ1) is 10.4. The molecule has 0 spiro atoms. The molecule has 0 saturated carbocycles. The molecular formula is C13H12ClF3N4O. The monoisotopic (exact) mass is 332 g/mol. The van der Waals surface area contributed by atoms with Gasteiger partial charge in [-0.2, -0.15) is 13.2 Å². The van der Waals surface area contributed by atoms with E-state index >= 15 is 0 Å². The summed E-state index contributed by atoms with van der Waals surface area (Å²) in [4.78, 5) is 11.9. The van der Waals surface area contributed by atoms with Crippen molar-refractivity contribution in [2.75, 3.05) is 6.54 Å². The number of halogens is 4. The van der Waals surface area contributed by atoms with Crippen LogP contribution in [0.2, 0.25) is 5.02 Å². The van der Waals surface area contributed by atoms with E-state index in [1.165, 1.54) is 12.3 Å². The summed E-state index contributed by atoms with van der Waals surface area (Å²) in [6, 6.07) is 2.76. The Kier molecular flexibility index (Phi) is 5.02. The zero-order valence-electron chi connectivity index (χ0n) is 11.3. The van der Waals surface area contributed by atoms with Crippen molar-refractivity contribution < 1.29 is 18.0 Å². The number of nitrogens with one attached hydrogen (secondary N) is 1. The molecule has 2 rings (SSSR count). The number of amides is 1. The Morgan fingerprint density at radius 3 is 2.73 bits per heavy atom. The molecule has 5 nitrogen and oxygen atoms in total. The minimum Gasteiger partial charge on any atom is -0.352 e. The molecule has 0 atom stereocenters. The second-order valence-electron chi connectivity index (χ2n) is 4.50. The van der Waals surface area contributed by atoms with E-state index < -0.39 is 17.6 Å². The summed E-state index contributed by atoms with van der Waals surface area (Å²) in [5, 5.41) is 9.79. The van der Waals surface area contributed by atoms with Crippen LogP contribution in [0.3, 0.4) is 0 Å². The topological polar surface area (TPSA) is 59.8 Å². The predicted octanol–water partition coefficient (Wildman–Crippen LogP) is 2.77. The summed E-state index contributed by atoms with van der Waals surface area (Å²) in [6.45, 7) is 0.843. The molecule has 9 heteroatoms. The molecule has 0 aliphatic rings. The lowest BCUT2D eigenvalue weighted by molar-refractivity contribution is -0.137. The van der Waals surface area contributed by atoms with E-state index in [2.05, 4.69) is 15.6 Å². The first kappa shape index (κ1) is 16.3. The summed E-state index contributed by atoms with van der Waals surface area (Å²) in [5.41, 5.74) is -1.08. The molecule has 0 fully saturated rings. The molecule has 1 aromatic heterocycles. The summed E-state index contributed by atoms with van der Waals surface area (Å²) in [5.74, 6) is -0.605. The van der Waals surface area contributed by atoms with E-state index in [0.29, 0.717) is 19.5 Å². The van der Waals surface area contributed by atoms with Gasteiger partial charge in [-0.1, -0.05) is 16.8 Å². The SMILES string of the molecule is O=C(NCCCn1ccnn1)c1cc(Cl)cc(C(F)(F)F)c1. The van der Waals surface area contributed by atoms with Gasteiger partial charge in [0.05, 0.1) is 11.8 Å². The first-order valence-corrected chi connectivity index (χ1v) is 6.74. The maximum Gasteiger partial charge on any atom is 0.416 e. The number of nitrogens with zero attached hydrogens (tertiary/aromatic N) is 3. The molecule has 0 saturated heterocycles. The van der Waals surface area contributed by atoms with Crippen molar-refractivity contribution in [1.82, 2.24) is 20.3 Å². The largest absolute Gasteiger partial charge is 0.416 e. The Balaban J connectivity index is 1.93. The van der Waals surface area contributed by atoms with Gasteiger partial charge in [-0.3, -0.25) is 9.48 Å². The van der Waals surface area contributed by atoms with Gasteiger partial charge < -0.3 is 5.32 Å². The van der Waals surface area contributed by atoms with Gasteiger partial charge in [-0.25, -0.2) is 0 Å². The van der Waals surface area contributed by atoms with Gasteiger partial charge >= 0.3 is 6.18 Å². The number of aromatic nitrogens is 3. The lowest BCUT2D eigenvalue weighted by Gasteiger charge is -2.10. The van der Waals surface area contributed by atoms with Crippen LogP contribution in [0.4, 0.5) is 13.2 Å². The number of benzene rings is 1. The minimum absolute atomic E-state index is 0.124. The fraction of sp³-hybridized carbons (Fsp3) is 0.308. The number of carbonyl (C=O) groups excluding carboxylic acids is 1. The molecule has 1 amide bonds. The van der Waals surface area contributed by atoms with Crippen LogP contribution in [-0.2, 0) is 12.7 Å². The van der Waals surface area contributed by atoms with Crippen LogP contribution in [0.25, 0.3) is 0 Å². The lowest BCUT2D eigenvalue weighted by atomic mass is 10.1. The molecular weight excluding hydrogens is 321 g/mol. The van der Waals surface area contributed by atoms with Crippen LogP contribution in [0.5, 0.6) is 0 Å². The number of alkyl halides is 3.